The Morgan fingerprint density at radius 1 is 1.43 bits per heavy atom. The number of rotatable bonds is 8. The van der Waals surface area contributed by atoms with Crippen LogP contribution in [0.25, 0.3) is 5.76 Å². The molecule has 0 radical (unpaired) electrons. The number of aliphatic hydroxyl groups excluding tert-OH is 1. The number of fused-ring (bicyclic) bond motifs is 1. The van der Waals surface area contributed by atoms with Crippen LogP contribution in [0.3, 0.4) is 0 Å². The van der Waals surface area contributed by atoms with Crippen molar-refractivity contribution in [1.29, 1.82) is 0 Å². The summed E-state index contributed by atoms with van der Waals surface area (Å²) < 4.78 is 16.0. The number of hydrogen-bond donors (Lipinski definition) is 2. The smallest absolute Gasteiger partial charge is 0.341 e. The van der Waals surface area contributed by atoms with E-state index in [1.165, 1.54) is 0 Å². The summed E-state index contributed by atoms with van der Waals surface area (Å²) in [4.78, 5) is 10.5. The lowest BCUT2D eigenvalue weighted by Crippen LogP contribution is -2.13. The molecule has 0 spiro atoms. The Labute approximate surface area is 134 Å². The maximum atomic E-state index is 10.5. The molecule has 1 heterocycles. The van der Waals surface area contributed by atoms with E-state index in [2.05, 4.69) is 6.92 Å². The molecule has 23 heavy (non-hydrogen) atoms. The average molecular weight is 320 g/mol. The predicted molar refractivity (Wildman–Crippen MR) is 84.4 cm³/mol. The zero-order chi connectivity index (χ0) is 16.7. The van der Waals surface area contributed by atoms with Gasteiger partial charge in [-0.3, -0.25) is 0 Å². The summed E-state index contributed by atoms with van der Waals surface area (Å²) in [5.41, 5.74) is 0.482. The lowest BCUT2D eigenvalue weighted by molar-refractivity contribution is -0.139. The number of carboxylic acid groups (broad SMARTS) is 1. The Balaban J connectivity index is 2.05. The first-order valence-corrected chi connectivity index (χ1v) is 7.47. The van der Waals surface area contributed by atoms with Crippen LogP contribution in [0.2, 0.25) is 0 Å². The van der Waals surface area contributed by atoms with Crippen LogP contribution >= 0.6 is 0 Å². The fraction of sp³-hybridized carbons (Fsp3) is 0.353. The monoisotopic (exact) mass is 320 g/mol. The van der Waals surface area contributed by atoms with E-state index in [-0.39, 0.29) is 12.4 Å². The van der Waals surface area contributed by atoms with E-state index >= 15 is 0 Å². The van der Waals surface area contributed by atoms with Gasteiger partial charge in [0.15, 0.2) is 18.1 Å². The zero-order valence-corrected chi connectivity index (χ0v) is 12.9. The zero-order valence-electron chi connectivity index (χ0n) is 12.9. The molecule has 6 heteroatoms. The summed E-state index contributed by atoms with van der Waals surface area (Å²) in [5.74, 6) is 0.0769. The Morgan fingerprint density at radius 2 is 2.26 bits per heavy atom. The fourth-order valence-electron chi connectivity index (χ4n) is 2.02. The normalized spacial score (nSPS) is 13.6. The van der Waals surface area contributed by atoms with Crippen molar-refractivity contribution in [2.45, 2.75) is 26.2 Å². The van der Waals surface area contributed by atoms with E-state index in [4.69, 9.17) is 19.3 Å². The molecule has 0 bridgehead atoms. The van der Waals surface area contributed by atoms with E-state index in [0.717, 1.165) is 19.3 Å². The van der Waals surface area contributed by atoms with Crippen LogP contribution in [0.15, 0.2) is 36.3 Å². The first-order valence-electron chi connectivity index (χ1n) is 7.47. The van der Waals surface area contributed by atoms with Crippen molar-refractivity contribution in [3.63, 3.8) is 0 Å². The van der Waals surface area contributed by atoms with Gasteiger partial charge in [-0.25, -0.2) is 4.79 Å². The number of carbonyl (C=O) groups is 1. The summed E-state index contributed by atoms with van der Waals surface area (Å²) in [6.45, 7) is 1.78. The minimum absolute atomic E-state index is 0.0103. The Kier molecular flexibility index (Phi) is 5.91. The van der Waals surface area contributed by atoms with Crippen molar-refractivity contribution in [2.24, 2.45) is 0 Å². The number of aliphatic hydroxyl groups is 1. The molecule has 6 nitrogen and oxygen atoms in total. The van der Waals surface area contributed by atoms with E-state index in [9.17, 15) is 9.90 Å². The van der Waals surface area contributed by atoms with Crippen LogP contribution in [-0.4, -0.2) is 29.4 Å². The highest BCUT2D eigenvalue weighted by molar-refractivity contribution is 5.70. The van der Waals surface area contributed by atoms with Crippen LogP contribution in [0, 0.1) is 0 Å². The minimum Gasteiger partial charge on any atom is -0.504 e. The topological polar surface area (TPSA) is 85.2 Å². The first-order chi connectivity index (χ1) is 11.1. The molecular weight excluding hydrogens is 300 g/mol. The highest BCUT2D eigenvalue weighted by atomic mass is 16.5. The molecule has 0 unspecified atom stereocenters. The van der Waals surface area contributed by atoms with Crippen LogP contribution in [-0.2, 0) is 9.53 Å². The molecule has 1 aliphatic heterocycles. The maximum Gasteiger partial charge on any atom is 0.341 e. The average Bonchev–Trinajstić information content (AvgIpc) is 2.54. The quantitative estimate of drug-likeness (QED) is 0.563. The third-order valence-electron chi connectivity index (χ3n) is 3.22. The van der Waals surface area contributed by atoms with Gasteiger partial charge in [0.05, 0.1) is 11.8 Å². The number of ether oxygens (including phenoxy) is 3. The Bertz CT molecular complexity index is 618. The molecule has 0 saturated carbocycles. The third-order valence-corrected chi connectivity index (χ3v) is 3.22. The minimum atomic E-state index is -1.06. The standard InChI is InChI=1S/C17H20O6/c1-2-3-4-5-8-21-15-10-23-14-9-12(22-11-16(18)19)6-7-13(14)17(15)20/h5-9,20H,2-4,10-11H2,1H3,(H,18,19). The molecule has 0 atom stereocenters. The van der Waals surface area contributed by atoms with E-state index in [1.54, 1.807) is 24.5 Å². The molecule has 2 N–H and O–H groups in total. The molecule has 1 aromatic carbocycles. The maximum absolute atomic E-state index is 10.5. The van der Waals surface area contributed by atoms with Gasteiger partial charge in [0.25, 0.3) is 0 Å². The molecular formula is C17H20O6. The molecule has 1 aromatic rings. The van der Waals surface area contributed by atoms with Crippen molar-refractivity contribution < 1.29 is 29.2 Å². The summed E-state index contributed by atoms with van der Waals surface area (Å²) >= 11 is 0. The molecule has 124 valence electrons. The fourth-order valence-corrected chi connectivity index (χ4v) is 2.02. The van der Waals surface area contributed by atoms with Gasteiger partial charge in [-0.2, -0.15) is 0 Å². The molecule has 2 rings (SSSR count). The van der Waals surface area contributed by atoms with Gasteiger partial charge >= 0.3 is 5.97 Å². The number of aliphatic carboxylic acids is 1. The van der Waals surface area contributed by atoms with Crippen molar-refractivity contribution in [2.75, 3.05) is 13.2 Å². The van der Waals surface area contributed by atoms with Gasteiger partial charge in [0.1, 0.15) is 18.1 Å². The summed E-state index contributed by atoms with van der Waals surface area (Å²) in [6.07, 6.45) is 6.58. The van der Waals surface area contributed by atoms with Crippen LogP contribution in [0.4, 0.5) is 0 Å². The van der Waals surface area contributed by atoms with E-state index in [1.807, 2.05) is 6.08 Å². The summed E-state index contributed by atoms with van der Waals surface area (Å²) in [6, 6.07) is 4.72. The molecule has 0 aliphatic carbocycles. The number of unbranched alkanes of at least 4 members (excludes halogenated alkanes) is 2. The number of benzene rings is 1. The largest absolute Gasteiger partial charge is 0.504 e. The molecule has 0 amide bonds. The second-order valence-electron chi connectivity index (χ2n) is 5.03. The second kappa shape index (κ2) is 8.12. The van der Waals surface area contributed by atoms with Gasteiger partial charge in [0.2, 0.25) is 0 Å². The molecule has 0 saturated heterocycles. The van der Waals surface area contributed by atoms with Crippen molar-refractivity contribution in [3.8, 4) is 11.5 Å². The Hall–Kier alpha value is -2.63. The van der Waals surface area contributed by atoms with Crippen molar-refractivity contribution >= 4 is 11.7 Å². The van der Waals surface area contributed by atoms with Gasteiger partial charge < -0.3 is 24.4 Å². The van der Waals surface area contributed by atoms with Crippen molar-refractivity contribution in [3.05, 3.63) is 41.9 Å². The summed E-state index contributed by atoms with van der Waals surface area (Å²) in [5, 5.41) is 18.8. The van der Waals surface area contributed by atoms with Crippen molar-refractivity contribution in [1.82, 2.24) is 0 Å². The lowest BCUT2D eigenvalue weighted by atomic mass is 10.1. The lowest BCUT2D eigenvalue weighted by Gasteiger charge is -2.20. The van der Waals surface area contributed by atoms with Crippen LogP contribution < -0.4 is 9.47 Å². The van der Waals surface area contributed by atoms with Gasteiger partial charge in [-0.1, -0.05) is 13.3 Å². The SMILES string of the molecule is CCCCC=COC1=C(O)c2ccc(OCC(=O)O)cc2OC1. The highest BCUT2D eigenvalue weighted by Gasteiger charge is 2.21. The highest BCUT2D eigenvalue weighted by Crippen LogP contribution is 2.34. The first kappa shape index (κ1) is 16.7. The predicted octanol–water partition coefficient (Wildman–Crippen LogP) is 3.49. The van der Waals surface area contributed by atoms with Gasteiger partial charge in [-0.05, 0) is 31.1 Å². The number of carboxylic acids is 1. The van der Waals surface area contributed by atoms with E-state index in [0.29, 0.717) is 22.8 Å². The number of allylic oxidation sites excluding steroid dienone is 1. The van der Waals surface area contributed by atoms with E-state index < -0.39 is 12.6 Å². The third kappa shape index (κ3) is 4.67. The second-order valence-corrected chi connectivity index (χ2v) is 5.03. The number of hydrogen-bond acceptors (Lipinski definition) is 5. The molecule has 1 aliphatic rings. The van der Waals surface area contributed by atoms with Gasteiger partial charge in [-0.15, -0.1) is 0 Å². The van der Waals surface area contributed by atoms with Crippen LogP contribution in [0.5, 0.6) is 11.5 Å². The molecule has 0 fully saturated rings. The summed E-state index contributed by atoms with van der Waals surface area (Å²) in [7, 11) is 0. The Morgan fingerprint density at radius 3 is 3.00 bits per heavy atom. The molecule has 0 aromatic heterocycles. The van der Waals surface area contributed by atoms with Crippen LogP contribution in [0.1, 0.15) is 31.7 Å². The van der Waals surface area contributed by atoms with Gasteiger partial charge in [0, 0.05) is 6.07 Å².